The van der Waals surface area contributed by atoms with Gasteiger partial charge in [0.1, 0.15) is 0 Å². The summed E-state index contributed by atoms with van der Waals surface area (Å²) in [6.45, 7) is 2.19. The zero-order valence-corrected chi connectivity index (χ0v) is 9.12. The summed E-state index contributed by atoms with van der Waals surface area (Å²) in [4.78, 5) is 11.1. The van der Waals surface area contributed by atoms with Gasteiger partial charge in [0.05, 0.1) is 0 Å². The maximum absolute atomic E-state index is 11.1. The van der Waals surface area contributed by atoms with Crippen molar-refractivity contribution in [3.05, 3.63) is 35.4 Å². The number of carbonyl (C=O) groups excluding carboxylic acids is 1. The number of nitrogens with two attached hydrogens (primary N) is 1. The van der Waals surface area contributed by atoms with Crippen LogP contribution in [0.5, 0.6) is 0 Å². The number of nitrogen functional groups attached to an aromatic ring is 1. The number of hydrogen-bond acceptors (Lipinski definition) is 2. The van der Waals surface area contributed by atoms with E-state index in [4.69, 9.17) is 5.84 Å². The summed E-state index contributed by atoms with van der Waals surface area (Å²) in [6, 6.07) is 7.59. The summed E-state index contributed by atoms with van der Waals surface area (Å²) in [7, 11) is 0. The number of hydrazine groups is 1. The molecule has 0 unspecified atom stereocenters. The van der Waals surface area contributed by atoms with E-state index in [1.54, 1.807) is 0 Å². The second-order valence-electron chi connectivity index (χ2n) is 3.63. The van der Waals surface area contributed by atoms with E-state index in [0.29, 0.717) is 5.56 Å². The summed E-state index contributed by atoms with van der Waals surface area (Å²) >= 11 is 0. The summed E-state index contributed by atoms with van der Waals surface area (Å²) in [5.41, 5.74) is 4.00. The minimum Gasteiger partial charge on any atom is -0.290 e. The standard InChI is InChI=1S/C12H18N2O/c1-2-3-4-5-10-6-8-11(9-7-10)12(15)14-13/h6-9H,2-5,13H2,1H3,(H,14,15). The van der Waals surface area contributed by atoms with Crippen molar-refractivity contribution >= 4 is 5.91 Å². The highest BCUT2D eigenvalue weighted by molar-refractivity contribution is 5.93. The molecule has 0 bridgehead atoms. The Bertz CT molecular complexity index is 306. The lowest BCUT2D eigenvalue weighted by Gasteiger charge is -2.02. The fraction of sp³-hybridized carbons (Fsp3) is 0.417. The molecule has 1 aromatic rings. The molecule has 1 rings (SSSR count). The van der Waals surface area contributed by atoms with Crippen LogP contribution in [0.25, 0.3) is 0 Å². The quantitative estimate of drug-likeness (QED) is 0.335. The molecule has 1 aromatic carbocycles. The first-order valence-electron chi connectivity index (χ1n) is 5.37. The van der Waals surface area contributed by atoms with Gasteiger partial charge in [-0.1, -0.05) is 31.9 Å². The summed E-state index contributed by atoms with van der Waals surface area (Å²) in [5, 5.41) is 0. The number of unbranched alkanes of at least 4 members (excludes halogenated alkanes) is 2. The van der Waals surface area contributed by atoms with Gasteiger partial charge >= 0.3 is 0 Å². The normalized spacial score (nSPS) is 10.0. The SMILES string of the molecule is CCCCCc1ccc(C(=O)NN)cc1. The number of hydrogen-bond donors (Lipinski definition) is 2. The molecule has 0 aliphatic rings. The van der Waals surface area contributed by atoms with E-state index in [9.17, 15) is 4.79 Å². The molecule has 0 aliphatic carbocycles. The van der Waals surface area contributed by atoms with E-state index in [1.165, 1.54) is 24.8 Å². The van der Waals surface area contributed by atoms with Crippen molar-refractivity contribution in [3.63, 3.8) is 0 Å². The largest absolute Gasteiger partial charge is 0.290 e. The third kappa shape index (κ3) is 3.72. The monoisotopic (exact) mass is 206 g/mol. The Balaban J connectivity index is 2.52. The van der Waals surface area contributed by atoms with Crippen molar-refractivity contribution in [2.75, 3.05) is 0 Å². The first kappa shape index (κ1) is 11.7. The Labute approximate surface area is 90.6 Å². The van der Waals surface area contributed by atoms with E-state index in [0.717, 1.165) is 6.42 Å². The lowest BCUT2D eigenvalue weighted by Crippen LogP contribution is -2.29. The van der Waals surface area contributed by atoms with Gasteiger partial charge in [-0.15, -0.1) is 0 Å². The van der Waals surface area contributed by atoms with Crippen molar-refractivity contribution in [1.82, 2.24) is 5.43 Å². The Morgan fingerprint density at radius 3 is 2.47 bits per heavy atom. The van der Waals surface area contributed by atoms with Crippen molar-refractivity contribution in [3.8, 4) is 0 Å². The number of benzene rings is 1. The first-order chi connectivity index (χ1) is 7.27. The molecule has 15 heavy (non-hydrogen) atoms. The van der Waals surface area contributed by atoms with Crippen molar-refractivity contribution in [2.45, 2.75) is 32.6 Å². The molecule has 0 heterocycles. The molecule has 0 aromatic heterocycles. The Hall–Kier alpha value is -1.35. The minimum absolute atomic E-state index is 0.241. The molecule has 0 atom stereocenters. The van der Waals surface area contributed by atoms with Crippen LogP contribution >= 0.6 is 0 Å². The predicted molar refractivity (Wildman–Crippen MR) is 61.3 cm³/mol. The van der Waals surface area contributed by atoms with E-state index in [-0.39, 0.29) is 5.91 Å². The summed E-state index contributed by atoms with van der Waals surface area (Å²) < 4.78 is 0. The van der Waals surface area contributed by atoms with Gasteiger partial charge in [0.2, 0.25) is 0 Å². The van der Waals surface area contributed by atoms with E-state index in [1.807, 2.05) is 24.3 Å². The third-order valence-electron chi connectivity index (χ3n) is 2.42. The smallest absolute Gasteiger partial charge is 0.265 e. The second-order valence-corrected chi connectivity index (χ2v) is 3.63. The van der Waals surface area contributed by atoms with E-state index in [2.05, 4.69) is 12.3 Å². The van der Waals surface area contributed by atoms with Crippen LogP contribution in [0, 0.1) is 0 Å². The molecule has 0 saturated carbocycles. The molecule has 0 aliphatic heterocycles. The molecular formula is C12H18N2O. The zero-order chi connectivity index (χ0) is 11.1. The molecule has 0 saturated heterocycles. The molecule has 3 N–H and O–H groups in total. The third-order valence-corrected chi connectivity index (χ3v) is 2.42. The van der Waals surface area contributed by atoms with Crippen LogP contribution < -0.4 is 11.3 Å². The topological polar surface area (TPSA) is 55.1 Å². The van der Waals surface area contributed by atoms with Gasteiger partial charge in [0.25, 0.3) is 5.91 Å². The van der Waals surface area contributed by atoms with E-state index < -0.39 is 0 Å². The van der Waals surface area contributed by atoms with Gasteiger partial charge in [0, 0.05) is 5.56 Å². The number of carbonyl (C=O) groups is 1. The van der Waals surface area contributed by atoms with Gasteiger partial charge < -0.3 is 0 Å². The van der Waals surface area contributed by atoms with Crippen molar-refractivity contribution in [1.29, 1.82) is 0 Å². The van der Waals surface area contributed by atoms with Crippen LogP contribution in [0.1, 0.15) is 42.1 Å². The predicted octanol–water partition coefficient (Wildman–Crippen LogP) is 2.02. The molecule has 3 nitrogen and oxygen atoms in total. The van der Waals surface area contributed by atoms with Crippen molar-refractivity contribution in [2.24, 2.45) is 5.84 Å². The summed E-state index contributed by atoms with van der Waals surface area (Å²) in [6.07, 6.45) is 4.77. The maximum atomic E-state index is 11.1. The van der Waals surface area contributed by atoms with Crippen LogP contribution in [0.4, 0.5) is 0 Å². The Kier molecular flexibility index (Phi) is 4.84. The van der Waals surface area contributed by atoms with Gasteiger partial charge in [0.15, 0.2) is 0 Å². The minimum atomic E-state index is -0.241. The molecule has 1 amide bonds. The average molecular weight is 206 g/mol. The fourth-order valence-corrected chi connectivity index (χ4v) is 1.49. The van der Waals surface area contributed by atoms with Gasteiger partial charge in [-0.2, -0.15) is 0 Å². The summed E-state index contributed by atoms with van der Waals surface area (Å²) in [5.74, 6) is 4.80. The molecule has 0 fully saturated rings. The first-order valence-corrected chi connectivity index (χ1v) is 5.37. The lowest BCUT2D eigenvalue weighted by atomic mass is 10.1. The van der Waals surface area contributed by atoms with Gasteiger partial charge in [-0.05, 0) is 30.5 Å². The van der Waals surface area contributed by atoms with Crippen LogP contribution in [-0.4, -0.2) is 5.91 Å². The number of nitrogens with one attached hydrogen (secondary N) is 1. The van der Waals surface area contributed by atoms with E-state index >= 15 is 0 Å². The highest BCUT2D eigenvalue weighted by Gasteiger charge is 2.01. The van der Waals surface area contributed by atoms with Crippen molar-refractivity contribution < 1.29 is 4.79 Å². The van der Waals surface area contributed by atoms with Crippen LogP contribution in [0.15, 0.2) is 24.3 Å². The fourth-order valence-electron chi connectivity index (χ4n) is 1.49. The lowest BCUT2D eigenvalue weighted by molar-refractivity contribution is 0.0953. The second kappa shape index (κ2) is 6.19. The highest BCUT2D eigenvalue weighted by atomic mass is 16.2. The van der Waals surface area contributed by atoms with Crippen LogP contribution in [-0.2, 0) is 6.42 Å². The molecule has 82 valence electrons. The highest BCUT2D eigenvalue weighted by Crippen LogP contribution is 2.08. The zero-order valence-electron chi connectivity index (χ0n) is 9.12. The maximum Gasteiger partial charge on any atom is 0.265 e. The van der Waals surface area contributed by atoms with Crippen LogP contribution in [0.3, 0.4) is 0 Å². The molecule has 0 radical (unpaired) electrons. The molecular weight excluding hydrogens is 188 g/mol. The number of rotatable bonds is 5. The Morgan fingerprint density at radius 2 is 1.93 bits per heavy atom. The average Bonchev–Trinajstić information content (AvgIpc) is 2.29. The van der Waals surface area contributed by atoms with Gasteiger partial charge in [-0.25, -0.2) is 5.84 Å². The molecule has 0 spiro atoms. The number of amides is 1. The van der Waals surface area contributed by atoms with Crippen LogP contribution in [0.2, 0.25) is 0 Å². The Morgan fingerprint density at radius 1 is 1.27 bits per heavy atom. The van der Waals surface area contributed by atoms with Gasteiger partial charge in [-0.3, -0.25) is 10.2 Å². The molecule has 3 heteroatoms. The number of aryl methyl sites for hydroxylation is 1.